The number of fused-ring (bicyclic) bond motifs is 3. The van der Waals surface area contributed by atoms with E-state index in [9.17, 15) is 15.0 Å². The van der Waals surface area contributed by atoms with Gasteiger partial charge in [0.2, 0.25) is 0 Å². The van der Waals surface area contributed by atoms with Crippen LogP contribution in [0.4, 0.5) is 0 Å². The zero-order chi connectivity index (χ0) is 13.3. The van der Waals surface area contributed by atoms with Crippen LogP contribution in [0.15, 0.2) is 11.1 Å². The Kier molecular flexibility index (Phi) is 2.30. The molecule has 0 aliphatic heterocycles. The third-order valence-electron chi connectivity index (χ3n) is 5.60. The quantitative estimate of drug-likeness (QED) is 0.752. The van der Waals surface area contributed by atoms with Crippen molar-refractivity contribution >= 4 is 5.97 Å². The van der Waals surface area contributed by atoms with Crippen LogP contribution in [0.5, 0.6) is 0 Å². The molecule has 0 heterocycles. The zero-order valence-electron chi connectivity index (χ0n) is 11.4. The standard InChI is InChI=1S/C15H22O3/c1-14(2)6-9-10(7-14)12(16)15(3)5-4-8(11(9)15)13(17)18/h9-10,12,16H,4-7H2,1-3H3,(H,17,18)/t9-,10+,12+,15+/m1/s1. The van der Waals surface area contributed by atoms with Crippen molar-refractivity contribution in [3.8, 4) is 0 Å². The molecule has 0 aromatic rings. The first-order chi connectivity index (χ1) is 8.26. The van der Waals surface area contributed by atoms with Crippen LogP contribution in [0.1, 0.15) is 46.5 Å². The molecule has 0 unspecified atom stereocenters. The Morgan fingerprint density at radius 3 is 2.56 bits per heavy atom. The summed E-state index contributed by atoms with van der Waals surface area (Å²) in [5, 5.41) is 20.0. The van der Waals surface area contributed by atoms with Crippen molar-refractivity contribution in [2.75, 3.05) is 0 Å². The van der Waals surface area contributed by atoms with E-state index in [4.69, 9.17) is 0 Å². The van der Waals surface area contributed by atoms with E-state index in [1.165, 1.54) is 0 Å². The highest BCUT2D eigenvalue weighted by Crippen LogP contribution is 2.65. The predicted molar refractivity (Wildman–Crippen MR) is 68.0 cm³/mol. The maximum absolute atomic E-state index is 11.4. The molecule has 3 aliphatic rings. The molecule has 0 saturated heterocycles. The van der Waals surface area contributed by atoms with Gasteiger partial charge in [0.1, 0.15) is 0 Å². The number of carboxylic acid groups (broad SMARTS) is 1. The number of aliphatic carboxylic acids is 1. The first-order valence-corrected chi connectivity index (χ1v) is 6.91. The van der Waals surface area contributed by atoms with Gasteiger partial charge in [-0.1, -0.05) is 20.8 Å². The maximum atomic E-state index is 11.4. The topological polar surface area (TPSA) is 57.5 Å². The van der Waals surface area contributed by atoms with Crippen LogP contribution >= 0.6 is 0 Å². The molecule has 0 amide bonds. The maximum Gasteiger partial charge on any atom is 0.331 e. The Hall–Kier alpha value is -0.830. The number of aliphatic hydroxyl groups excluding tert-OH is 1. The van der Waals surface area contributed by atoms with Gasteiger partial charge in [0, 0.05) is 11.0 Å². The van der Waals surface area contributed by atoms with Gasteiger partial charge in [-0.25, -0.2) is 4.79 Å². The minimum absolute atomic E-state index is 0.233. The second-order valence-corrected chi connectivity index (χ2v) is 7.40. The molecule has 0 spiro atoms. The summed E-state index contributed by atoms with van der Waals surface area (Å²) >= 11 is 0. The largest absolute Gasteiger partial charge is 0.478 e. The molecule has 100 valence electrons. The van der Waals surface area contributed by atoms with Gasteiger partial charge < -0.3 is 10.2 Å². The fourth-order valence-corrected chi connectivity index (χ4v) is 4.91. The van der Waals surface area contributed by atoms with E-state index in [2.05, 4.69) is 20.8 Å². The van der Waals surface area contributed by atoms with E-state index < -0.39 is 5.97 Å². The summed E-state index contributed by atoms with van der Waals surface area (Å²) in [6.07, 6.45) is 3.12. The smallest absolute Gasteiger partial charge is 0.331 e. The fourth-order valence-electron chi connectivity index (χ4n) is 4.91. The van der Waals surface area contributed by atoms with Crippen molar-refractivity contribution in [3.05, 3.63) is 11.1 Å². The average molecular weight is 250 g/mol. The van der Waals surface area contributed by atoms with Gasteiger partial charge in [0.05, 0.1) is 6.10 Å². The van der Waals surface area contributed by atoms with Crippen LogP contribution in [0, 0.1) is 22.7 Å². The predicted octanol–water partition coefficient (Wildman–Crippen LogP) is 2.59. The highest BCUT2D eigenvalue weighted by molar-refractivity contribution is 5.89. The molecule has 2 saturated carbocycles. The van der Waals surface area contributed by atoms with E-state index >= 15 is 0 Å². The summed E-state index contributed by atoms with van der Waals surface area (Å²) in [5.74, 6) is -0.200. The summed E-state index contributed by atoms with van der Waals surface area (Å²) in [5.41, 5.74) is 1.65. The summed E-state index contributed by atoms with van der Waals surface area (Å²) in [6.45, 7) is 6.52. The summed E-state index contributed by atoms with van der Waals surface area (Å²) in [7, 11) is 0. The average Bonchev–Trinajstić information content (AvgIpc) is 2.79. The van der Waals surface area contributed by atoms with E-state index in [1.54, 1.807) is 0 Å². The molecule has 3 rings (SSSR count). The van der Waals surface area contributed by atoms with Gasteiger partial charge in [0.25, 0.3) is 0 Å². The second-order valence-electron chi connectivity index (χ2n) is 7.40. The SMILES string of the molecule is CC1(C)C[C@H]2[C@@H](C1)C1=C(C(=O)O)CC[C@]1(C)[C@H]2O. The normalized spacial score (nSPS) is 45.2. The molecular weight excluding hydrogens is 228 g/mol. The molecule has 3 aliphatic carbocycles. The van der Waals surface area contributed by atoms with E-state index in [0.29, 0.717) is 17.9 Å². The van der Waals surface area contributed by atoms with Gasteiger partial charge in [-0.3, -0.25) is 0 Å². The van der Waals surface area contributed by atoms with E-state index in [-0.39, 0.29) is 22.9 Å². The van der Waals surface area contributed by atoms with Crippen molar-refractivity contribution in [1.82, 2.24) is 0 Å². The number of hydrogen-bond acceptors (Lipinski definition) is 2. The Morgan fingerprint density at radius 1 is 1.28 bits per heavy atom. The van der Waals surface area contributed by atoms with E-state index in [1.807, 2.05) is 0 Å². The molecule has 0 aromatic heterocycles. The molecule has 2 fully saturated rings. The number of hydrogen-bond donors (Lipinski definition) is 2. The van der Waals surface area contributed by atoms with Crippen LogP contribution in [-0.2, 0) is 4.79 Å². The molecule has 4 atom stereocenters. The van der Waals surface area contributed by atoms with Crippen LogP contribution in [0.3, 0.4) is 0 Å². The minimum atomic E-state index is -0.772. The van der Waals surface area contributed by atoms with Crippen LogP contribution < -0.4 is 0 Å². The van der Waals surface area contributed by atoms with Gasteiger partial charge >= 0.3 is 5.97 Å². The van der Waals surface area contributed by atoms with Gasteiger partial charge in [0.15, 0.2) is 0 Å². The second kappa shape index (κ2) is 3.38. The monoisotopic (exact) mass is 250 g/mol. The lowest BCUT2D eigenvalue weighted by atomic mass is 9.77. The van der Waals surface area contributed by atoms with Crippen molar-refractivity contribution in [1.29, 1.82) is 0 Å². The minimum Gasteiger partial charge on any atom is -0.478 e. The van der Waals surface area contributed by atoms with Crippen LogP contribution in [0.25, 0.3) is 0 Å². The number of carboxylic acids is 1. The lowest BCUT2D eigenvalue weighted by molar-refractivity contribution is -0.132. The number of carbonyl (C=O) groups is 1. The Morgan fingerprint density at radius 2 is 1.94 bits per heavy atom. The third kappa shape index (κ3) is 1.37. The molecule has 3 heteroatoms. The van der Waals surface area contributed by atoms with Crippen molar-refractivity contribution in [2.45, 2.75) is 52.6 Å². The first kappa shape index (κ1) is 12.2. The summed E-state index contributed by atoms with van der Waals surface area (Å²) < 4.78 is 0. The Labute approximate surface area is 108 Å². The van der Waals surface area contributed by atoms with Crippen LogP contribution in [-0.4, -0.2) is 22.3 Å². The molecular formula is C15H22O3. The molecule has 0 aromatic carbocycles. The summed E-state index contributed by atoms with van der Waals surface area (Å²) in [4.78, 5) is 11.4. The third-order valence-corrected chi connectivity index (χ3v) is 5.60. The Balaban J connectivity index is 2.09. The Bertz CT molecular complexity index is 449. The van der Waals surface area contributed by atoms with E-state index in [0.717, 1.165) is 24.8 Å². The first-order valence-electron chi connectivity index (χ1n) is 6.91. The van der Waals surface area contributed by atoms with Crippen molar-refractivity contribution in [3.63, 3.8) is 0 Å². The lowest BCUT2D eigenvalue weighted by Crippen LogP contribution is -2.31. The van der Waals surface area contributed by atoms with Crippen molar-refractivity contribution in [2.24, 2.45) is 22.7 Å². The van der Waals surface area contributed by atoms with Gasteiger partial charge in [-0.2, -0.15) is 0 Å². The molecule has 3 nitrogen and oxygen atoms in total. The molecule has 2 N–H and O–H groups in total. The number of aliphatic hydroxyl groups is 1. The molecule has 0 radical (unpaired) electrons. The summed E-state index contributed by atoms with van der Waals surface area (Å²) in [6, 6.07) is 0. The van der Waals surface area contributed by atoms with Crippen molar-refractivity contribution < 1.29 is 15.0 Å². The molecule has 0 bridgehead atoms. The lowest BCUT2D eigenvalue weighted by Gasteiger charge is -2.30. The zero-order valence-corrected chi connectivity index (χ0v) is 11.4. The highest BCUT2D eigenvalue weighted by atomic mass is 16.4. The van der Waals surface area contributed by atoms with Gasteiger partial charge in [-0.05, 0) is 48.5 Å². The highest BCUT2D eigenvalue weighted by Gasteiger charge is 2.61. The van der Waals surface area contributed by atoms with Gasteiger partial charge in [-0.15, -0.1) is 0 Å². The fraction of sp³-hybridized carbons (Fsp3) is 0.800. The number of rotatable bonds is 1. The molecule has 18 heavy (non-hydrogen) atoms. The van der Waals surface area contributed by atoms with Crippen LogP contribution in [0.2, 0.25) is 0 Å².